The van der Waals surface area contributed by atoms with Crippen LogP contribution in [0.1, 0.15) is 5.56 Å². The molecule has 1 aromatic carbocycles. The topological polar surface area (TPSA) is 71.8 Å². The van der Waals surface area contributed by atoms with Gasteiger partial charge in [-0.15, -0.1) is 0 Å². The first-order valence-corrected chi connectivity index (χ1v) is 4.71. The lowest BCUT2D eigenvalue weighted by Gasteiger charge is -2.15. The Morgan fingerprint density at radius 3 is 2.82 bits per heavy atom. The number of ketones is 1. The van der Waals surface area contributed by atoms with Gasteiger partial charge in [0, 0.05) is 11.5 Å². The van der Waals surface area contributed by atoms with Crippen molar-refractivity contribution >= 4 is 16.7 Å². The molecule has 0 atom stereocenters. The molecule has 1 heterocycles. The molecule has 2 rings (SSSR count). The predicted octanol–water partition coefficient (Wildman–Crippen LogP) is 1.32. The standard InChI is InChI=1S/C10H8F3N3O/c11-7-2-8-5(4-15-16-8)1-6(7)10(12,13)9(17)3-14/h1-2,4H,3,14H2,(H,15,16). The van der Waals surface area contributed by atoms with Gasteiger partial charge in [0.1, 0.15) is 5.82 Å². The molecule has 0 unspecified atom stereocenters. The Bertz CT molecular complexity index is 579. The second kappa shape index (κ2) is 3.85. The van der Waals surface area contributed by atoms with Crippen LogP contribution in [0.2, 0.25) is 0 Å². The third-order valence-corrected chi connectivity index (χ3v) is 2.40. The van der Waals surface area contributed by atoms with Crippen LogP contribution < -0.4 is 5.73 Å². The van der Waals surface area contributed by atoms with E-state index in [-0.39, 0.29) is 5.52 Å². The van der Waals surface area contributed by atoms with Crippen LogP contribution in [0.25, 0.3) is 10.9 Å². The fourth-order valence-corrected chi connectivity index (χ4v) is 1.48. The summed E-state index contributed by atoms with van der Waals surface area (Å²) < 4.78 is 40.6. The number of hydrogen-bond donors (Lipinski definition) is 2. The number of nitrogens with two attached hydrogens (primary N) is 1. The molecule has 0 aliphatic heterocycles. The Balaban J connectivity index is 2.61. The van der Waals surface area contributed by atoms with Crippen LogP contribution >= 0.6 is 0 Å². The molecule has 0 saturated carbocycles. The van der Waals surface area contributed by atoms with Crippen LogP contribution in [0.4, 0.5) is 13.2 Å². The molecule has 0 amide bonds. The van der Waals surface area contributed by atoms with Gasteiger partial charge in [0.2, 0.25) is 5.78 Å². The van der Waals surface area contributed by atoms with E-state index in [1.54, 1.807) is 0 Å². The molecule has 0 aliphatic carbocycles. The van der Waals surface area contributed by atoms with E-state index in [1.165, 1.54) is 6.20 Å². The zero-order valence-electron chi connectivity index (χ0n) is 8.51. The fraction of sp³-hybridized carbons (Fsp3) is 0.200. The number of fused-ring (bicyclic) bond motifs is 1. The maximum atomic E-state index is 13.5. The zero-order chi connectivity index (χ0) is 12.6. The summed E-state index contributed by atoms with van der Waals surface area (Å²) in [5.74, 6) is -6.63. The van der Waals surface area contributed by atoms with Crippen LogP contribution in [0, 0.1) is 5.82 Å². The number of carbonyl (C=O) groups excluding carboxylic acids is 1. The molecule has 0 aliphatic rings. The van der Waals surface area contributed by atoms with Crippen molar-refractivity contribution in [2.75, 3.05) is 6.54 Å². The van der Waals surface area contributed by atoms with E-state index in [4.69, 9.17) is 5.73 Å². The summed E-state index contributed by atoms with van der Waals surface area (Å²) in [7, 11) is 0. The monoisotopic (exact) mass is 243 g/mol. The predicted molar refractivity (Wildman–Crippen MR) is 54.0 cm³/mol. The van der Waals surface area contributed by atoms with Gasteiger partial charge >= 0.3 is 5.92 Å². The third-order valence-electron chi connectivity index (χ3n) is 2.40. The smallest absolute Gasteiger partial charge is 0.324 e. The summed E-state index contributed by atoms with van der Waals surface area (Å²) in [4.78, 5) is 11.0. The summed E-state index contributed by atoms with van der Waals surface area (Å²) >= 11 is 0. The van der Waals surface area contributed by atoms with Crippen molar-refractivity contribution in [2.24, 2.45) is 5.73 Å². The van der Waals surface area contributed by atoms with Gasteiger partial charge in [0.15, 0.2) is 0 Å². The van der Waals surface area contributed by atoms with Gasteiger partial charge in [-0.2, -0.15) is 13.9 Å². The first-order chi connectivity index (χ1) is 7.96. The summed E-state index contributed by atoms with van der Waals surface area (Å²) in [6.07, 6.45) is 1.27. The number of H-pyrrole nitrogens is 1. The van der Waals surface area contributed by atoms with Gasteiger partial charge in [0.25, 0.3) is 0 Å². The van der Waals surface area contributed by atoms with E-state index < -0.39 is 29.6 Å². The molecule has 0 spiro atoms. The van der Waals surface area contributed by atoms with Crippen LogP contribution in [-0.4, -0.2) is 22.5 Å². The molecule has 7 heteroatoms. The quantitative estimate of drug-likeness (QED) is 0.854. The van der Waals surface area contributed by atoms with Gasteiger partial charge < -0.3 is 5.73 Å². The number of nitrogens with zero attached hydrogens (tertiary/aromatic N) is 1. The third kappa shape index (κ3) is 1.78. The highest BCUT2D eigenvalue weighted by Gasteiger charge is 2.42. The number of hydrogen-bond acceptors (Lipinski definition) is 3. The van der Waals surface area contributed by atoms with E-state index in [0.717, 1.165) is 12.1 Å². The number of aromatic amines is 1. The van der Waals surface area contributed by atoms with Crippen LogP contribution in [0.3, 0.4) is 0 Å². The SMILES string of the molecule is NCC(=O)C(F)(F)c1cc2cn[nH]c2cc1F. The number of carbonyl (C=O) groups is 1. The number of aromatic nitrogens is 2. The lowest BCUT2D eigenvalue weighted by atomic mass is 10.0. The number of Topliss-reactive ketones (excluding diaryl/α,β-unsaturated/α-hetero) is 1. The van der Waals surface area contributed by atoms with Gasteiger partial charge in [-0.1, -0.05) is 0 Å². The van der Waals surface area contributed by atoms with Crippen molar-refractivity contribution in [2.45, 2.75) is 5.92 Å². The molecular formula is C10H8F3N3O. The minimum atomic E-state index is -3.93. The van der Waals surface area contributed by atoms with Crippen molar-refractivity contribution in [3.05, 3.63) is 29.7 Å². The van der Waals surface area contributed by atoms with Crippen molar-refractivity contribution < 1.29 is 18.0 Å². The Morgan fingerprint density at radius 1 is 1.47 bits per heavy atom. The molecule has 1 aromatic heterocycles. The minimum absolute atomic E-state index is 0.280. The van der Waals surface area contributed by atoms with E-state index >= 15 is 0 Å². The fourth-order valence-electron chi connectivity index (χ4n) is 1.48. The molecule has 0 bridgehead atoms. The highest BCUT2D eigenvalue weighted by molar-refractivity contribution is 5.90. The second-order valence-electron chi connectivity index (χ2n) is 3.49. The van der Waals surface area contributed by atoms with Gasteiger partial charge in [0.05, 0.1) is 23.8 Å². The lowest BCUT2D eigenvalue weighted by Crippen LogP contribution is -2.33. The lowest BCUT2D eigenvalue weighted by molar-refractivity contribution is -0.143. The first kappa shape index (κ1) is 11.6. The number of rotatable bonds is 3. The van der Waals surface area contributed by atoms with Crippen LogP contribution in [-0.2, 0) is 10.7 Å². The largest absolute Gasteiger partial charge is 0.334 e. The van der Waals surface area contributed by atoms with E-state index in [0.29, 0.717) is 5.39 Å². The minimum Gasteiger partial charge on any atom is -0.324 e. The Kier molecular flexibility index (Phi) is 2.62. The Labute approximate surface area is 93.6 Å². The van der Waals surface area contributed by atoms with Crippen LogP contribution in [0.5, 0.6) is 0 Å². The van der Waals surface area contributed by atoms with Crippen molar-refractivity contribution in [3.63, 3.8) is 0 Å². The zero-order valence-corrected chi connectivity index (χ0v) is 8.51. The van der Waals surface area contributed by atoms with Crippen molar-refractivity contribution in [3.8, 4) is 0 Å². The van der Waals surface area contributed by atoms with E-state index in [9.17, 15) is 18.0 Å². The summed E-state index contributed by atoms with van der Waals surface area (Å²) in [5, 5.41) is 6.32. The molecule has 17 heavy (non-hydrogen) atoms. The Hall–Kier alpha value is -1.89. The van der Waals surface area contributed by atoms with Gasteiger partial charge in [-0.3, -0.25) is 9.89 Å². The summed E-state index contributed by atoms with van der Waals surface area (Å²) in [6.45, 7) is -0.851. The highest BCUT2D eigenvalue weighted by Crippen LogP contribution is 2.32. The molecule has 4 nitrogen and oxygen atoms in total. The summed E-state index contributed by atoms with van der Waals surface area (Å²) in [6, 6.07) is 1.76. The molecule has 90 valence electrons. The molecule has 0 fully saturated rings. The van der Waals surface area contributed by atoms with Crippen molar-refractivity contribution in [1.82, 2.24) is 10.2 Å². The average molecular weight is 243 g/mol. The maximum Gasteiger partial charge on any atom is 0.334 e. The molecular weight excluding hydrogens is 235 g/mol. The molecule has 0 saturated heterocycles. The number of halogens is 3. The number of benzene rings is 1. The average Bonchev–Trinajstić information content (AvgIpc) is 2.73. The maximum absolute atomic E-state index is 13.5. The van der Waals surface area contributed by atoms with Crippen molar-refractivity contribution in [1.29, 1.82) is 0 Å². The van der Waals surface area contributed by atoms with Crippen LogP contribution in [0.15, 0.2) is 18.3 Å². The first-order valence-electron chi connectivity index (χ1n) is 4.71. The number of nitrogens with one attached hydrogen (secondary N) is 1. The van der Waals surface area contributed by atoms with Gasteiger partial charge in [-0.25, -0.2) is 4.39 Å². The normalized spacial score (nSPS) is 12.0. The van der Waals surface area contributed by atoms with E-state index in [2.05, 4.69) is 10.2 Å². The summed E-state index contributed by atoms with van der Waals surface area (Å²) in [5.41, 5.74) is 4.16. The highest BCUT2D eigenvalue weighted by atomic mass is 19.3. The number of alkyl halides is 2. The molecule has 3 N–H and O–H groups in total. The molecule has 0 radical (unpaired) electrons. The van der Waals surface area contributed by atoms with Gasteiger partial charge in [-0.05, 0) is 6.07 Å². The second-order valence-corrected chi connectivity index (χ2v) is 3.49. The van der Waals surface area contributed by atoms with E-state index in [1.807, 2.05) is 0 Å². The Morgan fingerprint density at radius 2 is 2.18 bits per heavy atom. The molecule has 2 aromatic rings.